The van der Waals surface area contributed by atoms with Crippen molar-refractivity contribution in [2.45, 2.75) is 79.7 Å². The molecule has 18 heavy (non-hydrogen) atoms. The van der Waals surface area contributed by atoms with Crippen LogP contribution in [0.4, 0.5) is 0 Å². The molecule has 0 aromatic rings. The van der Waals surface area contributed by atoms with Crippen LogP contribution in [-0.2, 0) is 4.79 Å². The maximum absolute atomic E-state index is 8.36. The van der Waals surface area contributed by atoms with E-state index in [1.165, 1.54) is 45.1 Å². The second kappa shape index (κ2) is 18.8. The van der Waals surface area contributed by atoms with E-state index >= 15 is 0 Å². The Kier molecular flexibility index (Phi) is 23.6. The SMILES string of the molecule is C.CC.CCC(CC)CCC1CCCN1.O=CO. The van der Waals surface area contributed by atoms with Crippen molar-refractivity contribution in [2.75, 3.05) is 6.54 Å². The van der Waals surface area contributed by atoms with Gasteiger partial charge in [-0.3, -0.25) is 4.79 Å². The molecule has 1 rings (SSSR count). The van der Waals surface area contributed by atoms with Crippen LogP contribution in [0.25, 0.3) is 0 Å². The second-order valence-corrected chi connectivity index (χ2v) is 4.16. The Morgan fingerprint density at radius 2 is 1.83 bits per heavy atom. The first-order valence-corrected chi connectivity index (χ1v) is 7.09. The number of carbonyl (C=O) groups is 1. The molecule has 1 fully saturated rings. The molecule has 0 spiro atoms. The van der Waals surface area contributed by atoms with Gasteiger partial charge in [0.15, 0.2) is 0 Å². The summed E-state index contributed by atoms with van der Waals surface area (Å²) in [4.78, 5) is 8.36. The average molecular weight is 261 g/mol. The number of hydrogen-bond acceptors (Lipinski definition) is 2. The molecular weight excluding hydrogens is 226 g/mol. The molecule has 0 aromatic carbocycles. The lowest BCUT2D eigenvalue weighted by molar-refractivity contribution is -0.122. The third-order valence-corrected chi connectivity index (χ3v) is 3.24. The molecule has 1 aliphatic rings. The van der Waals surface area contributed by atoms with Crippen LogP contribution in [0.15, 0.2) is 0 Å². The van der Waals surface area contributed by atoms with Gasteiger partial charge in [-0.05, 0) is 38.1 Å². The molecule has 1 heterocycles. The van der Waals surface area contributed by atoms with Crippen molar-refractivity contribution in [3.05, 3.63) is 0 Å². The maximum Gasteiger partial charge on any atom is 0.290 e. The van der Waals surface area contributed by atoms with Crippen LogP contribution in [-0.4, -0.2) is 24.2 Å². The zero-order chi connectivity index (χ0) is 13.5. The molecule has 0 bridgehead atoms. The summed E-state index contributed by atoms with van der Waals surface area (Å²) in [6.07, 6.45) is 8.39. The van der Waals surface area contributed by atoms with E-state index in [1.54, 1.807) is 0 Å². The van der Waals surface area contributed by atoms with Gasteiger partial charge in [-0.25, -0.2) is 0 Å². The molecule has 3 heteroatoms. The minimum absolute atomic E-state index is 0. The molecule has 0 amide bonds. The average Bonchev–Trinajstić information content (AvgIpc) is 2.87. The van der Waals surface area contributed by atoms with Gasteiger partial charge in [0.2, 0.25) is 0 Å². The fourth-order valence-corrected chi connectivity index (χ4v) is 2.14. The Bertz CT molecular complexity index is 139. The van der Waals surface area contributed by atoms with Crippen LogP contribution >= 0.6 is 0 Å². The summed E-state index contributed by atoms with van der Waals surface area (Å²) in [7, 11) is 0. The maximum atomic E-state index is 8.36. The highest BCUT2D eigenvalue weighted by atomic mass is 16.3. The molecule has 1 aliphatic heterocycles. The Hall–Kier alpha value is -0.570. The van der Waals surface area contributed by atoms with Crippen LogP contribution < -0.4 is 5.32 Å². The first-order valence-electron chi connectivity index (χ1n) is 7.09. The van der Waals surface area contributed by atoms with Crippen molar-refractivity contribution < 1.29 is 9.90 Å². The van der Waals surface area contributed by atoms with Crippen LogP contribution in [0.1, 0.15) is 73.6 Å². The van der Waals surface area contributed by atoms with Crippen molar-refractivity contribution in [3.63, 3.8) is 0 Å². The van der Waals surface area contributed by atoms with Gasteiger partial charge in [-0.1, -0.05) is 48.0 Å². The summed E-state index contributed by atoms with van der Waals surface area (Å²) in [6.45, 7) is 9.64. The molecule has 0 saturated carbocycles. The third-order valence-electron chi connectivity index (χ3n) is 3.24. The Balaban J connectivity index is -0.000000329. The molecule has 1 saturated heterocycles. The van der Waals surface area contributed by atoms with Gasteiger partial charge in [0.05, 0.1) is 0 Å². The van der Waals surface area contributed by atoms with Gasteiger partial charge < -0.3 is 10.4 Å². The predicted molar refractivity (Wildman–Crippen MR) is 81.1 cm³/mol. The van der Waals surface area contributed by atoms with Crippen molar-refractivity contribution in [3.8, 4) is 0 Å². The number of nitrogens with one attached hydrogen (secondary N) is 1. The molecular formula is C15H35NO2. The fraction of sp³-hybridized carbons (Fsp3) is 0.933. The monoisotopic (exact) mass is 261 g/mol. The van der Waals surface area contributed by atoms with E-state index in [2.05, 4.69) is 19.2 Å². The number of carboxylic acid groups (broad SMARTS) is 1. The van der Waals surface area contributed by atoms with Crippen LogP contribution in [0, 0.1) is 5.92 Å². The Morgan fingerprint density at radius 3 is 2.17 bits per heavy atom. The Labute approximate surface area is 114 Å². The van der Waals surface area contributed by atoms with Gasteiger partial charge in [0, 0.05) is 6.04 Å². The van der Waals surface area contributed by atoms with Gasteiger partial charge in [0.25, 0.3) is 6.47 Å². The topological polar surface area (TPSA) is 49.3 Å². The first kappa shape index (κ1) is 22.6. The lowest BCUT2D eigenvalue weighted by Crippen LogP contribution is -2.21. The molecule has 0 radical (unpaired) electrons. The van der Waals surface area contributed by atoms with Gasteiger partial charge in [-0.15, -0.1) is 0 Å². The summed E-state index contributed by atoms with van der Waals surface area (Å²) in [5, 5.41) is 10.4. The normalized spacial score (nSPS) is 16.8. The summed E-state index contributed by atoms with van der Waals surface area (Å²) < 4.78 is 0. The molecule has 3 nitrogen and oxygen atoms in total. The van der Waals surface area contributed by atoms with Crippen molar-refractivity contribution in [2.24, 2.45) is 5.92 Å². The molecule has 0 aromatic heterocycles. The van der Waals surface area contributed by atoms with Gasteiger partial charge >= 0.3 is 0 Å². The molecule has 2 N–H and O–H groups in total. The van der Waals surface area contributed by atoms with E-state index in [1.807, 2.05) is 13.8 Å². The van der Waals surface area contributed by atoms with Crippen molar-refractivity contribution >= 4 is 6.47 Å². The van der Waals surface area contributed by atoms with E-state index in [-0.39, 0.29) is 13.9 Å². The largest absolute Gasteiger partial charge is 0.483 e. The van der Waals surface area contributed by atoms with E-state index < -0.39 is 0 Å². The lowest BCUT2D eigenvalue weighted by atomic mass is 9.95. The first-order chi connectivity index (χ1) is 8.28. The zero-order valence-electron chi connectivity index (χ0n) is 12.0. The molecule has 112 valence electrons. The quantitative estimate of drug-likeness (QED) is 0.725. The van der Waals surface area contributed by atoms with E-state index in [0.717, 1.165) is 12.0 Å². The highest BCUT2D eigenvalue weighted by molar-refractivity contribution is 5.32. The van der Waals surface area contributed by atoms with E-state index in [9.17, 15) is 0 Å². The van der Waals surface area contributed by atoms with Crippen LogP contribution in [0.3, 0.4) is 0 Å². The summed E-state index contributed by atoms with van der Waals surface area (Å²) >= 11 is 0. The predicted octanol–water partition coefficient (Wildman–Crippen LogP) is 4.32. The van der Waals surface area contributed by atoms with E-state index in [0.29, 0.717) is 0 Å². The minimum Gasteiger partial charge on any atom is -0.483 e. The van der Waals surface area contributed by atoms with Crippen LogP contribution in [0.2, 0.25) is 0 Å². The molecule has 0 aliphatic carbocycles. The van der Waals surface area contributed by atoms with Crippen LogP contribution in [0.5, 0.6) is 0 Å². The molecule has 1 unspecified atom stereocenters. The zero-order valence-corrected chi connectivity index (χ0v) is 12.0. The fourth-order valence-electron chi connectivity index (χ4n) is 2.14. The number of rotatable bonds is 5. The summed E-state index contributed by atoms with van der Waals surface area (Å²) in [6, 6.07) is 0.852. The minimum atomic E-state index is -0.250. The van der Waals surface area contributed by atoms with E-state index in [4.69, 9.17) is 9.90 Å². The summed E-state index contributed by atoms with van der Waals surface area (Å²) in [5.74, 6) is 0.979. The lowest BCUT2D eigenvalue weighted by Gasteiger charge is -2.15. The summed E-state index contributed by atoms with van der Waals surface area (Å²) in [5.41, 5.74) is 0. The number of hydrogen-bond donors (Lipinski definition) is 2. The Morgan fingerprint density at radius 1 is 1.33 bits per heavy atom. The molecule has 1 atom stereocenters. The smallest absolute Gasteiger partial charge is 0.290 e. The third kappa shape index (κ3) is 13.5. The standard InChI is InChI=1S/C11H23N.C2H6.CH2O2.CH4/c1-3-10(4-2)7-8-11-6-5-9-12-11;1-2;2-1-3;/h10-12H,3-9H2,1-2H3;1-2H3;1H,(H,2,3);1H4. The van der Waals surface area contributed by atoms with Crippen molar-refractivity contribution in [1.29, 1.82) is 0 Å². The second-order valence-electron chi connectivity index (χ2n) is 4.16. The highest BCUT2D eigenvalue weighted by Gasteiger charge is 2.14. The van der Waals surface area contributed by atoms with Crippen molar-refractivity contribution in [1.82, 2.24) is 5.32 Å². The van der Waals surface area contributed by atoms with Gasteiger partial charge in [-0.2, -0.15) is 0 Å². The van der Waals surface area contributed by atoms with Gasteiger partial charge in [0.1, 0.15) is 0 Å². The highest BCUT2D eigenvalue weighted by Crippen LogP contribution is 2.19.